The van der Waals surface area contributed by atoms with Gasteiger partial charge < -0.3 is 5.32 Å². The highest BCUT2D eigenvalue weighted by Crippen LogP contribution is 2.25. The van der Waals surface area contributed by atoms with E-state index in [0.29, 0.717) is 4.90 Å². The van der Waals surface area contributed by atoms with Crippen LogP contribution in [0.15, 0.2) is 34.7 Å². The van der Waals surface area contributed by atoms with Crippen LogP contribution in [0.2, 0.25) is 0 Å². The number of nitrogens with zero attached hydrogens (tertiary/aromatic N) is 1. The van der Waals surface area contributed by atoms with Crippen molar-refractivity contribution in [2.24, 2.45) is 0 Å². The molecule has 5 nitrogen and oxygen atoms in total. The summed E-state index contributed by atoms with van der Waals surface area (Å²) in [6, 6.07) is 5.26. The lowest BCUT2D eigenvalue weighted by Crippen LogP contribution is -2.23. The van der Waals surface area contributed by atoms with Crippen LogP contribution in [-0.4, -0.2) is 19.9 Å². The lowest BCUT2D eigenvalue weighted by atomic mass is 10.0. The number of aromatic nitrogens is 1. The van der Waals surface area contributed by atoms with Crippen molar-refractivity contribution in [3.05, 3.63) is 40.3 Å². The van der Waals surface area contributed by atoms with Crippen molar-refractivity contribution in [3.63, 3.8) is 0 Å². The molecule has 0 amide bonds. The second kappa shape index (κ2) is 5.51. The summed E-state index contributed by atoms with van der Waals surface area (Å²) in [5, 5.41) is 5.82. The summed E-state index contributed by atoms with van der Waals surface area (Å²) >= 11 is 1.43. The van der Waals surface area contributed by atoms with Gasteiger partial charge >= 0.3 is 0 Å². The predicted octanol–water partition coefficient (Wildman–Crippen LogP) is 1.98. The van der Waals surface area contributed by atoms with Crippen LogP contribution in [0.5, 0.6) is 0 Å². The van der Waals surface area contributed by atoms with E-state index in [9.17, 15) is 8.42 Å². The summed E-state index contributed by atoms with van der Waals surface area (Å²) in [5.41, 5.74) is 2.10. The Bertz CT molecular complexity index is 696. The highest BCUT2D eigenvalue weighted by atomic mass is 32.2. The SMILES string of the molecule is O=S(=O)(NCc1nccs1)c1ccc2c(c1)NCCC2. The number of rotatable bonds is 4. The van der Waals surface area contributed by atoms with Crippen molar-refractivity contribution in [2.75, 3.05) is 11.9 Å². The normalized spacial score (nSPS) is 14.6. The molecule has 0 radical (unpaired) electrons. The fourth-order valence-electron chi connectivity index (χ4n) is 2.19. The molecule has 1 aliphatic rings. The van der Waals surface area contributed by atoms with Crippen LogP contribution in [-0.2, 0) is 23.0 Å². The summed E-state index contributed by atoms with van der Waals surface area (Å²) in [6.45, 7) is 1.12. The Labute approximate surface area is 122 Å². The van der Waals surface area contributed by atoms with E-state index >= 15 is 0 Å². The number of sulfonamides is 1. The van der Waals surface area contributed by atoms with E-state index in [-0.39, 0.29) is 6.54 Å². The monoisotopic (exact) mass is 309 g/mol. The molecule has 0 fully saturated rings. The molecule has 0 atom stereocenters. The second-order valence-corrected chi connectivity index (χ2v) is 7.35. The van der Waals surface area contributed by atoms with Gasteiger partial charge in [0.25, 0.3) is 0 Å². The van der Waals surface area contributed by atoms with Gasteiger partial charge in [-0.3, -0.25) is 0 Å². The smallest absolute Gasteiger partial charge is 0.241 e. The van der Waals surface area contributed by atoms with Crippen molar-refractivity contribution in [1.29, 1.82) is 0 Å². The van der Waals surface area contributed by atoms with E-state index in [4.69, 9.17) is 0 Å². The first-order valence-electron chi connectivity index (χ1n) is 6.40. The lowest BCUT2D eigenvalue weighted by molar-refractivity contribution is 0.581. The maximum absolute atomic E-state index is 12.3. The average Bonchev–Trinajstić information content (AvgIpc) is 2.98. The van der Waals surface area contributed by atoms with Gasteiger partial charge in [0, 0.05) is 23.8 Å². The molecule has 0 aliphatic carbocycles. The number of nitrogens with one attached hydrogen (secondary N) is 2. The Kier molecular flexibility index (Phi) is 3.73. The van der Waals surface area contributed by atoms with Gasteiger partial charge in [0.2, 0.25) is 10.0 Å². The van der Waals surface area contributed by atoms with Crippen molar-refractivity contribution in [3.8, 4) is 0 Å². The van der Waals surface area contributed by atoms with E-state index in [1.165, 1.54) is 16.9 Å². The van der Waals surface area contributed by atoms with Crippen LogP contribution >= 0.6 is 11.3 Å². The molecule has 3 rings (SSSR count). The van der Waals surface area contributed by atoms with Crippen molar-refractivity contribution >= 4 is 27.0 Å². The van der Waals surface area contributed by atoms with E-state index in [0.717, 1.165) is 30.1 Å². The molecule has 1 aliphatic heterocycles. The van der Waals surface area contributed by atoms with E-state index in [1.807, 2.05) is 11.4 Å². The molecule has 0 saturated heterocycles. The van der Waals surface area contributed by atoms with E-state index in [2.05, 4.69) is 15.0 Å². The highest BCUT2D eigenvalue weighted by Gasteiger charge is 2.17. The second-order valence-electron chi connectivity index (χ2n) is 4.60. The maximum Gasteiger partial charge on any atom is 0.241 e. The largest absolute Gasteiger partial charge is 0.385 e. The molecule has 0 unspecified atom stereocenters. The van der Waals surface area contributed by atoms with Gasteiger partial charge in [-0.2, -0.15) is 0 Å². The summed E-state index contributed by atoms with van der Waals surface area (Å²) in [6.07, 6.45) is 3.74. The molecule has 2 aromatic rings. The first-order chi connectivity index (χ1) is 9.65. The molecule has 2 N–H and O–H groups in total. The molecule has 106 valence electrons. The van der Waals surface area contributed by atoms with Gasteiger partial charge in [0.05, 0.1) is 11.4 Å². The summed E-state index contributed by atoms with van der Waals surface area (Å²) in [7, 11) is -3.49. The van der Waals surface area contributed by atoms with Crippen LogP contribution in [0.1, 0.15) is 17.0 Å². The minimum absolute atomic E-state index is 0.227. The molecule has 1 aromatic carbocycles. The number of thiazole rings is 1. The van der Waals surface area contributed by atoms with E-state index < -0.39 is 10.0 Å². The van der Waals surface area contributed by atoms with Crippen molar-refractivity contribution in [1.82, 2.24) is 9.71 Å². The van der Waals surface area contributed by atoms with Gasteiger partial charge in [0.15, 0.2) is 0 Å². The van der Waals surface area contributed by atoms with E-state index in [1.54, 1.807) is 18.3 Å². The van der Waals surface area contributed by atoms with Gasteiger partial charge in [-0.25, -0.2) is 18.1 Å². The van der Waals surface area contributed by atoms with Crippen molar-refractivity contribution in [2.45, 2.75) is 24.3 Å². The third-order valence-electron chi connectivity index (χ3n) is 3.23. The molecule has 20 heavy (non-hydrogen) atoms. The average molecular weight is 309 g/mol. The Morgan fingerprint density at radius 1 is 1.40 bits per heavy atom. The number of hydrogen-bond donors (Lipinski definition) is 2. The first kappa shape index (κ1) is 13.5. The molecular formula is C13H15N3O2S2. The fourth-order valence-corrected chi connectivity index (χ4v) is 3.85. The Balaban J connectivity index is 1.80. The third-order valence-corrected chi connectivity index (χ3v) is 5.41. The minimum atomic E-state index is -3.49. The van der Waals surface area contributed by atoms with Crippen LogP contribution in [0.4, 0.5) is 5.69 Å². The number of fused-ring (bicyclic) bond motifs is 1. The molecule has 2 heterocycles. The van der Waals surface area contributed by atoms with Crippen LogP contribution < -0.4 is 10.0 Å². The molecule has 1 aromatic heterocycles. The van der Waals surface area contributed by atoms with Crippen LogP contribution in [0.25, 0.3) is 0 Å². The Morgan fingerprint density at radius 2 is 2.30 bits per heavy atom. The predicted molar refractivity (Wildman–Crippen MR) is 79.4 cm³/mol. The van der Waals surface area contributed by atoms with Gasteiger partial charge in [-0.15, -0.1) is 11.3 Å². The summed E-state index contributed by atoms with van der Waals surface area (Å²) in [4.78, 5) is 4.36. The fraction of sp³-hybridized carbons (Fsp3) is 0.308. The van der Waals surface area contributed by atoms with Gasteiger partial charge in [0.1, 0.15) is 5.01 Å². The molecular weight excluding hydrogens is 294 g/mol. The van der Waals surface area contributed by atoms with Crippen LogP contribution in [0.3, 0.4) is 0 Å². The van der Waals surface area contributed by atoms with Crippen molar-refractivity contribution < 1.29 is 8.42 Å². The number of benzene rings is 1. The standard InChI is InChI=1S/C13H15N3O2S2/c17-20(18,16-9-13-15-6-7-19-13)11-4-3-10-2-1-5-14-12(10)8-11/h3-4,6-8,14,16H,1-2,5,9H2. The zero-order valence-electron chi connectivity index (χ0n) is 10.8. The topological polar surface area (TPSA) is 71.1 Å². The number of aryl methyl sites for hydroxylation is 1. The maximum atomic E-state index is 12.3. The number of hydrogen-bond acceptors (Lipinski definition) is 5. The lowest BCUT2D eigenvalue weighted by Gasteiger charge is -2.18. The zero-order chi connectivity index (χ0) is 14.0. The zero-order valence-corrected chi connectivity index (χ0v) is 12.4. The van der Waals surface area contributed by atoms with Crippen LogP contribution in [0, 0.1) is 0 Å². The first-order valence-corrected chi connectivity index (χ1v) is 8.76. The minimum Gasteiger partial charge on any atom is -0.385 e. The Hall–Kier alpha value is -1.44. The summed E-state index contributed by atoms with van der Waals surface area (Å²) in [5.74, 6) is 0. The molecule has 0 bridgehead atoms. The quantitative estimate of drug-likeness (QED) is 0.906. The Morgan fingerprint density at radius 3 is 3.10 bits per heavy atom. The third kappa shape index (κ3) is 2.84. The molecule has 7 heteroatoms. The number of anilines is 1. The van der Waals surface area contributed by atoms with Gasteiger partial charge in [-0.05, 0) is 30.5 Å². The highest BCUT2D eigenvalue weighted by molar-refractivity contribution is 7.89. The molecule has 0 saturated carbocycles. The summed E-state index contributed by atoms with van der Waals surface area (Å²) < 4.78 is 27.1. The molecule has 0 spiro atoms. The van der Waals surface area contributed by atoms with Gasteiger partial charge in [-0.1, -0.05) is 6.07 Å².